The highest BCUT2D eigenvalue weighted by Crippen LogP contribution is 2.65. The van der Waals surface area contributed by atoms with Crippen molar-refractivity contribution in [2.75, 3.05) is 9.80 Å². The molecule has 2 aliphatic carbocycles. The summed E-state index contributed by atoms with van der Waals surface area (Å²) in [6.07, 6.45) is 0. The van der Waals surface area contributed by atoms with E-state index < -0.39 is 10.8 Å². The second kappa shape index (κ2) is 32.7. The molecular weight excluding hydrogens is 1770 g/mol. The molecule has 0 radical (unpaired) electrons. The monoisotopic (exact) mass is 1860 g/mol. The Hall–Kier alpha value is -19.1. The molecule has 0 N–H and O–H groups in total. The number of rotatable bonds is 13. The lowest BCUT2D eigenvalue weighted by Crippen LogP contribution is -2.33. The number of furan rings is 1. The number of para-hydroxylation sites is 11. The lowest BCUT2D eigenvalue weighted by atomic mass is 9.65. The highest BCUT2D eigenvalue weighted by Gasteiger charge is 2.53. The van der Waals surface area contributed by atoms with Gasteiger partial charge < -0.3 is 27.9 Å². The minimum atomic E-state index is -0.593. The van der Waals surface area contributed by atoms with Crippen LogP contribution in [0.3, 0.4) is 0 Å². The first kappa shape index (κ1) is 82.7. The molecular formula is C140H89N5O. The van der Waals surface area contributed by atoms with Crippen LogP contribution in [0.1, 0.15) is 44.5 Å². The molecule has 6 heterocycles. The maximum atomic E-state index is 6.36. The number of anilines is 6. The zero-order chi connectivity index (χ0) is 95.8. The van der Waals surface area contributed by atoms with Crippen LogP contribution >= 0.6 is 0 Å². The van der Waals surface area contributed by atoms with Crippen LogP contribution in [-0.2, 0) is 10.8 Å². The predicted octanol–water partition coefficient (Wildman–Crippen LogP) is 36.9. The van der Waals surface area contributed by atoms with Gasteiger partial charge in [-0.2, -0.15) is 0 Å². The van der Waals surface area contributed by atoms with Gasteiger partial charge in [-0.05, 0) is 268 Å². The number of aromatic nitrogens is 3. The Balaban J connectivity index is 0.000000136. The predicted molar refractivity (Wildman–Crippen MR) is 607 cm³/mol. The fourth-order valence-electron chi connectivity index (χ4n) is 25.6. The molecule has 27 aromatic rings. The van der Waals surface area contributed by atoms with Crippen molar-refractivity contribution >= 4 is 121 Å². The summed E-state index contributed by atoms with van der Waals surface area (Å²) >= 11 is 0. The van der Waals surface area contributed by atoms with E-state index >= 15 is 0 Å². The number of hydrogen-bond acceptors (Lipinski definition) is 3. The smallest absolute Gasteiger partial charge is 0.136 e. The van der Waals surface area contributed by atoms with Crippen LogP contribution < -0.4 is 9.80 Å². The van der Waals surface area contributed by atoms with Crippen LogP contribution in [0, 0.1) is 0 Å². The van der Waals surface area contributed by atoms with Crippen molar-refractivity contribution in [1.82, 2.24) is 13.7 Å². The van der Waals surface area contributed by atoms with E-state index in [0.29, 0.717) is 0 Å². The average Bonchev–Trinajstić information content (AvgIpc) is 1.50. The molecule has 31 rings (SSSR count). The molecule has 23 aromatic carbocycles. The molecule has 0 amide bonds. The van der Waals surface area contributed by atoms with Crippen molar-refractivity contribution in [2.45, 2.75) is 10.8 Å². The molecule has 4 aliphatic rings. The SMILES string of the molecule is c1ccc(-c2cccc(-c3ccccc3N(c3ccc(-c4ccc5c(c4)c4ccccc4n5-c4ccccc4)cc3)c3ccc4c(c3)C3(c5ccccc5-4)c4ccccc4-n4c5ccccc5c5cccc3c54)c2)cc1.c1ccc(-c2cccc(-c3ccccc3N(c3ccc(-c4ccc5c(c4)oc4ccccc45)cc3)c3ccc4c(c3)C3(c5ccccc5-4)c4ccccc4-n4c5ccccc5c5cccc3c54)c2)cc1. The second-order valence-corrected chi connectivity index (χ2v) is 39.1. The Morgan fingerprint density at radius 3 is 1.01 bits per heavy atom. The molecule has 0 fully saturated rings. The minimum Gasteiger partial charge on any atom is -0.456 e. The van der Waals surface area contributed by atoms with Crippen LogP contribution in [0.5, 0.6) is 0 Å². The van der Waals surface area contributed by atoms with Crippen LogP contribution in [0.15, 0.2) is 544 Å². The van der Waals surface area contributed by atoms with Crippen LogP contribution in [0.2, 0.25) is 0 Å². The molecule has 680 valence electrons. The standard InChI is InChI=1S/C73H47N3.C67H42N2O/c1-3-19-48(20-4-1)50-21-17-22-52(45-50)56-25-8-13-33-67(56)74(54-40-37-49(38-41-54)51-39-44-70-62(46-51)60-28-10-14-34-68(60)75(70)53-23-5-2-6-24-53)55-42-43-58-57-26-7-11-30-63(57)73(66(58)47-55)64-31-12-16-36-71(64)76-69-35-15-9-27-59(69)61-29-18-32-65(73)72(61)76;1-2-16-43(17-3-1)45-18-14-19-47(40-45)50-20-5-10-28-61(50)68(48-35-32-44(33-36-48)46-34-38-55-54-23-7-13-31-64(54)70-65(55)41-46)49-37-39-52-51-21-4-8-25-57(51)67(60(52)42-49)58-26-9-12-30-63(58)69-62-29-11-6-22-53(62)56-24-15-27-59(67)66(56)69/h1-47H;1-42H. The van der Waals surface area contributed by atoms with Crippen LogP contribution in [-0.4, -0.2) is 13.7 Å². The fraction of sp³-hybridized carbons (Fsp3) is 0.0143. The van der Waals surface area contributed by atoms with E-state index in [-0.39, 0.29) is 0 Å². The molecule has 0 bridgehead atoms. The molecule has 4 aromatic heterocycles. The summed E-state index contributed by atoms with van der Waals surface area (Å²) in [4.78, 5) is 4.97. The highest BCUT2D eigenvalue weighted by molar-refractivity contribution is 6.16. The molecule has 6 nitrogen and oxygen atoms in total. The number of nitrogens with zero attached hydrogens (tertiary/aromatic N) is 5. The topological polar surface area (TPSA) is 34.4 Å². The first-order valence-electron chi connectivity index (χ1n) is 50.5. The van der Waals surface area contributed by atoms with E-state index in [2.05, 4.69) is 551 Å². The van der Waals surface area contributed by atoms with Crippen LogP contribution in [0.4, 0.5) is 34.1 Å². The Morgan fingerprint density at radius 1 is 0.164 bits per heavy atom. The van der Waals surface area contributed by atoms with Gasteiger partial charge in [0.25, 0.3) is 0 Å². The van der Waals surface area contributed by atoms with Gasteiger partial charge in [-0.15, -0.1) is 0 Å². The number of fused-ring (bicyclic) bond motifs is 30. The van der Waals surface area contributed by atoms with Gasteiger partial charge in [-0.25, -0.2) is 0 Å². The molecule has 2 unspecified atom stereocenters. The zero-order valence-electron chi connectivity index (χ0n) is 79.5. The van der Waals surface area contributed by atoms with Gasteiger partial charge in [-0.1, -0.05) is 394 Å². The van der Waals surface area contributed by atoms with Crippen molar-refractivity contribution in [2.24, 2.45) is 0 Å². The quantitative estimate of drug-likeness (QED) is 0.115. The van der Waals surface area contributed by atoms with E-state index in [4.69, 9.17) is 4.42 Å². The second-order valence-electron chi connectivity index (χ2n) is 39.1. The largest absolute Gasteiger partial charge is 0.456 e. The Kier molecular flexibility index (Phi) is 18.5. The van der Waals surface area contributed by atoms with Crippen molar-refractivity contribution < 1.29 is 4.42 Å². The lowest BCUT2D eigenvalue weighted by molar-refractivity contribution is 0.669. The maximum absolute atomic E-state index is 6.36. The van der Waals surface area contributed by atoms with Gasteiger partial charge in [0.2, 0.25) is 0 Å². The lowest BCUT2D eigenvalue weighted by Gasteiger charge is -2.40. The third-order valence-electron chi connectivity index (χ3n) is 31.7. The number of hydrogen-bond donors (Lipinski definition) is 0. The molecule has 0 saturated carbocycles. The van der Waals surface area contributed by atoms with Crippen molar-refractivity contribution in [3.8, 4) is 106 Å². The number of benzene rings is 23. The Morgan fingerprint density at radius 2 is 0.493 bits per heavy atom. The summed E-state index contributed by atoms with van der Waals surface area (Å²) in [5.74, 6) is 0. The molecule has 2 atom stereocenters. The normalized spacial score (nSPS) is 14.2. The molecule has 0 saturated heterocycles. The summed E-state index contributed by atoms with van der Waals surface area (Å²) in [6, 6.07) is 200. The average molecular weight is 1860 g/mol. The van der Waals surface area contributed by atoms with Crippen molar-refractivity contribution in [3.63, 3.8) is 0 Å². The van der Waals surface area contributed by atoms with E-state index in [9.17, 15) is 0 Å². The van der Waals surface area contributed by atoms with Gasteiger partial charge in [0.1, 0.15) is 11.2 Å². The summed E-state index contributed by atoms with van der Waals surface area (Å²) in [6.45, 7) is 0. The fourth-order valence-corrected chi connectivity index (χ4v) is 25.6. The first-order chi connectivity index (χ1) is 72.4. The molecule has 2 aliphatic heterocycles. The maximum Gasteiger partial charge on any atom is 0.136 e. The van der Waals surface area contributed by atoms with E-state index in [1.165, 1.54) is 171 Å². The van der Waals surface area contributed by atoms with Gasteiger partial charge >= 0.3 is 0 Å². The third kappa shape index (κ3) is 12.3. The zero-order valence-corrected chi connectivity index (χ0v) is 79.5. The first-order valence-corrected chi connectivity index (χ1v) is 50.5. The molecule has 146 heavy (non-hydrogen) atoms. The van der Waals surface area contributed by atoms with E-state index in [0.717, 1.165) is 101 Å². The van der Waals surface area contributed by atoms with Gasteiger partial charge in [0, 0.05) is 82.7 Å². The summed E-state index contributed by atoms with van der Waals surface area (Å²) in [7, 11) is 0. The summed E-state index contributed by atoms with van der Waals surface area (Å²) < 4.78 is 13.8. The highest BCUT2D eigenvalue weighted by atomic mass is 16.3. The molecule has 6 heteroatoms. The summed E-state index contributed by atoms with van der Waals surface area (Å²) in [5.41, 5.74) is 47.6. The van der Waals surface area contributed by atoms with Crippen molar-refractivity contribution in [3.05, 3.63) is 584 Å². The summed E-state index contributed by atoms with van der Waals surface area (Å²) in [5, 5.41) is 9.84. The van der Waals surface area contributed by atoms with Crippen molar-refractivity contribution in [1.29, 1.82) is 0 Å². The third-order valence-corrected chi connectivity index (χ3v) is 31.7. The van der Waals surface area contributed by atoms with Gasteiger partial charge in [-0.3, -0.25) is 0 Å². The molecule has 2 spiro atoms. The Bertz CT molecular complexity index is 10000. The van der Waals surface area contributed by atoms with Gasteiger partial charge in [0.15, 0.2) is 0 Å². The van der Waals surface area contributed by atoms with E-state index in [1.54, 1.807) is 0 Å². The minimum absolute atomic E-state index is 0.587. The van der Waals surface area contributed by atoms with Gasteiger partial charge in [0.05, 0.1) is 66.7 Å². The van der Waals surface area contributed by atoms with E-state index in [1.807, 2.05) is 12.1 Å². The van der Waals surface area contributed by atoms with Crippen LogP contribution in [0.25, 0.3) is 193 Å². The Labute approximate surface area is 844 Å².